The number of carbonyl (C=O) groups excluding carboxylic acids is 2. The molecule has 0 aliphatic heterocycles. The summed E-state index contributed by atoms with van der Waals surface area (Å²) in [5.74, 6) is -0.0984. The molecule has 0 unspecified atom stereocenters. The number of hydrogen-bond acceptors (Lipinski definition) is 3. The van der Waals surface area contributed by atoms with Crippen molar-refractivity contribution in [2.75, 3.05) is 0 Å². The van der Waals surface area contributed by atoms with Crippen LogP contribution in [0.1, 0.15) is 31.8 Å². The fourth-order valence-electron chi connectivity index (χ4n) is 2.61. The molecule has 19 heavy (non-hydrogen) atoms. The number of carbonyl (C=O) groups is 2. The number of hydrogen-bond donors (Lipinski definition) is 0. The van der Waals surface area contributed by atoms with Gasteiger partial charge in [0.1, 0.15) is 0 Å². The molecule has 0 saturated heterocycles. The van der Waals surface area contributed by atoms with Gasteiger partial charge in [0.25, 0.3) is 0 Å². The van der Waals surface area contributed by atoms with Gasteiger partial charge in [-0.15, -0.1) is 11.3 Å². The molecule has 3 aromatic rings. The lowest BCUT2D eigenvalue weighted by atomic mass is 9.84. The first-order valence-corrected chi connectivity index (χ1v) is 6.84. The van der Waals surface area contributed by atoms with Crippen molar-refractivity contribution in [1.82, 2.24) is 0 Å². The van der Waals surface area contributed by atoms with E-state index in [2.05, 4.69) is 0 Å². The van der Waals surface area contributed by atoms with Crippen molar-refractivity contribution in [2.45, 2.75) is 0 Å². The largest absolute Gasteiger partial charge is 0.289 e. The van der Waals surface area contributed by atoms with Crippen LogP contribution in [-0.4, -0.2) is 11.6 Å². The lowest BCUT2D eigenvalue weighted by Crippen LogP contribution is -2.20. The highest BCUT2D eigenvalue weighted by molar-refractivity contribution is 7.17. The molecule has 0 bridgehead atoms. The molecular formula is C16H8O2S. The highest BCUT2D eigenvalue weighted by atomic mass is 32.1. The summed E-state index contributed by atoms with van der Waals surface area (Å²) >= 11 is 1.51. The van der Waals surface area contributed by atoms with E-state index in [0.29, 0.717) is 22.3 Å². The van der Waals surface area contributed by atoms with E-state index >= 15 is 0 Å². The average molecular weight is 264 g/mol. The van der Waals surface area contributed by atoms with E-state index in [1.54, 1.807) is 30.3 Å². The molecule has 1 aliphatic carbocycles. The fraction of sp³-hybridized carbons (Fsp3) is 0. The average Bonchev–Trinajstić information content (AvgIpc) is 2.92. The Bertz CT molecular complexity index is 858. The lowest BCUT2D eigenvalue weighted by Gasteiger charge is -2.17. The van der Waals surface area contributed by atoms with Crippen LogP contribution in [0.5, 0.6) is 0 Å². The maximum atomic E-state index is 12.6. The molecule has 1 heterocycles. The fourth-order valence-corrected chi connectivity index (χ4v) is 3.55. The van der Waals surface area contributed by atoms with Crippen LogP contribution in [0.2, 0.25) is 0 Å². The van der Waals surface area contributed by atoms with Gasteiger partial charge in [-0.3, -0.25) is 9.59 Å². The van der Waals surface area contributed by atoms with E-state index in [1.807, 2.05) is 17.5 Å². The SMILES string of the molecule is O=C1c2ccccc2C(=O)c2c1ccc1ccsc21. The number of ketones is 2. The third-order valence-corrected chi connectivity index (χ3v) is 4.46. The lowest BCUT2D eigenvalue weighted by molar-refractivity contribution is 0.0980. The first-order valence-electron chi connectivity index (χ1n) is 5.96. The van der Waals surface area contributed by atoms with Gasteiger partial charge in [-0.2, -0.15) is 0 Å². The van der Waals surface area contributed by atoms with Crippen molar-refractivity contribution < 1.29 is 9.59 Å². The second-order valence-electron chi connectivity index (χ2n) is 4.53. The molecule has 0 radical (unpaired) electrons. The topological polar surface area (TPSA) is 34.1 Å². The van der Waals surface area contributed by atoms with Crippen LogP contribution >= 0.6 is 11.3 Å². The van der Waals surface area contributed by atoms with Crippen molar-refractivity contribution in [1.29, 1.82) is 0 Å². The minimum absolute atomic E-state index is 0.0433. The third kappa shape index (κ3) is 1.30. The maximum absolute atomic E-state index is 12.6. The zero-order valence-corrected chi connectivity index (χ0v) is 10.7. The quantitative estimate of drug-likeness (QED) is 0.485. The molecule has 1 aromatic heterocycles. The highest BCUT2D eigenvalue weighted by Gasteiger charge is 2.30. The summed E-state index contributed by atoms with van der Waals surface area (Å²) in [6.45, 7) is 0. The molecule has 4 rings (SSSR count). The molecule has 0 saturated carbocycles. The molecule has 0 N–H and O–H groups in total. The molecule has 2 nitrogen and oxygen atoms in total. The minimum atomic E-state index is -0.0551. The van der Waals surface area contributed by atoms with Crippen LogP contribution in [0.4, 0.5) is 0 Å². The summed E-state index contributed by atoms with van der Waals surface area (Å²) in [6, 6.07) is 12.7. The van der Waals surface area contributed by atoms with Gasteiger partial charge in [-0.05, 0) is 22.9 Å². The summed E-state index contributed by atoms with van der Waals surface area (Å²) in [5, 5.41) is 2.97. The summed E-state index contributed by atoms with van der Waals surface area (Å²) in [6.07, 6.45) is 0. The number of thiophene rings is 1. The molecule has 3 heteroatoms. The Balaban J connectivity index is 2.14. The van der Waals surface area contributed by atoms with Crippen LogP contribution in [0.25, 0.3) is 10.1 Å². The van der Waals surface area contributed by atoms with Gasteiger partial charge in [0.2, 0.25) is 0 Å². The van der Waals surface area contributed by atoms with Gasteiger partial charge >= 0.3 is 0 Å². The second kappa shape index (κ2) is 3.62. The van der Waals surface area contributed by atoms with Gasteiger partial charge in [0.05, 0.1) is 5.56 Å². The van der Waals surface area contributed by atoms with Gasteiger partial charge in [0.15, 0.2) is 11.6 Å². The van der Waals surface area contributed by atoms with E-state index in [9.17, 15) is 9.59 Å². The van der Waals surface area contributed by atoms with Crippen LogP contribution in [0.3, 0.4) is 0 Å². The van der Waals surface area contributed by atoms with Crippen molar-refractivity contribution in [2.24, 2.45) is 0 Å². The zero-order valence-electron chi connectivity index (χ0n) is 9.84. The third-order valence-electron chi connectivity index (χ3n) is 3.51. The van der Waals surface area contributed by atoms with E-state index in [1.165, 1.54) is 11.3 Å². The van der Waals surface area contributed by atoms with Crippen molar-refractivity contribution in [3.05, 3.63) is 70.1 Å². The minimum Gasteiger partial charge on any atom is -0.289 e. The number of fused-ring (bicyclic) bond motifs is 4. The second-order valence-corrected chi connectivity index (χ2v) is 5.45. The van der Waals surface area contributed by atoms with Crippen molar-refractivity contribution in [3.8, 4) is 0 Å². The molecule has 1 aliphatic rings. The Labute approximate surface area is 113 Å². The molecule has 0 amide bonds. The summed E-state index contributed by atoms with van der Waals surface area (Å²) in [7, 11) is 0. The van der Waals surface area contributed by atoms with Gasteiger partial charge < -0.3 is 0 Å². The highest BCUT2D eigenvalue weighted by Crippen LogP contribution is 2.34. The number of rotatable bonds is 0. The molecule has 0 spiro atoms. The standard InChI is InChI=1S/C16H8O2S/c17-14-10-3-1-2-4-11(10)15(18)13-12(14)6-5-9-7-8-19-16(9)13/h1-8H. The predicted molar refractivity (Wildman–Crippen MR) is 75.1 cm³/mol. The van der Waals surface area contributed by atoms with Crippen LogP contribution < -0.4 is 0 Å². The molecule has 0 atom stereocenters. The van der Waals surface area contributed by atoms with Crippen LogP contribution in [0.15, 0.2) is 47.8 Å². The van der Waals surface area contributed by atoms with E-state index in [-0.39, 0.29) is 11.6 Å². The monoisotopic (exact) mass is 264 g/mol. The first-order chi connectivity index (χ1) is 9.27. The summed E-state index contributed by atoms with van der Waals surface area (Å²) < 4.78 is 0.908. The summed E-state index contributed by atoms with van der Waals surface area (Å²) in [4.78, 5) is 25.1. The smallest absolute Gasteiger partial charge is 0.195 e. The maximum Gasteiger partial charge on any atom is 0.195 e. The molecule has 0 fully saturated rings. The van der Waals surface area contributed by atoms with Crippen LogP contribution in [-0.2, 0) is 0 Å². The van der Waals surface area contributed by atoms with E-state index in [0.717, 1.165) is 10.1 Å². The van der Waals surface area contributed by atoms with Crippen molar-refractivity contribution >= 4 is 33.0 Å². The van der Waals surface area contributed by atoms with Gasteiger partial charge in [0, 0.05) is 21.4 Å². The Morgan fingerprint density at radius 2 is 1.47 bits per heavy atom. The van der Waals surface area contributed by atoms with Crippen molar-refractivity contribution in [3.63, 3.8) is 0 Å². The zero-order chi connectivity index (χ0) is 13.0. The Morgan fingerprint density at radius 1 is 0.737 bits per heavy atom. The normalized spacial score (nSPS) is 13.5. The van der Waals surface area contributed by atoms with E-state index < -0.39 is 0 Å². The molecule has 2 aromatic carbocycles. The van der Waals surface area contributed by atoms with Crippen LogP contribution in [0, 0.1) is 0 Å². The first kappa shape index (κ1) is 10.6. The van der Waals surface area contributed by atoms with E-state index in [4.69, 9.17) is 0 Å². The molecule has 90 valence electrons. The predicted octanol–water partition coefficient (Wildman–Crippen LogP) is 3.68. The Morgan fingerprint density at radius 3 is 2.26 bits per heavy atom. The van der Waals surface area contributed by atoms with Gasteiger partial charge in [-0.1, -0.05) is 30.3 Å². The Hall–Kier alpha value is -2.26. The Kier molecular flexibility index (Phi) is 2.03. The van der Waals surface area contributed by atoms with Gasteiger partial charge in [-0.25, -0.2) is 0 Å². The molecular weight excluding hydrogens is 256 g/mol. The number of benzene rings is 2. The summed E-state index contributed by atoms with van der Waals surface area (Å²) in [5.41, 5.74) is 2.12.